The summed E-state index contributed by atoms with van der Waals surface area (Å²) in [5.41, 5.74) is 1.42. The Kier molecular flexibility index (Phi) is 8.80. The maximum Gasteiger partial charge on any atom is 0.421 e. The second-order valence-corrected chi connectivity index (χ2v) is 9.94. The van der Waals surface area contributed by atoms with Crippen molar-refractivity contribution in [2.75, 3.05) is 14.2 Å². The van der Waals surface area contributed by atoms with Crippen LogP contribution in [0, 0.1) is 0 Å². The first kappa shape index (κ1) is 30.1. The number of hydrogen-bond acceptors (Lipinski definition) is 4. The lowest BCUT2D eigenvalue weighted by atomic mass is 10.0. The fraction of sp³-hybridized carbons (Fsp3) is 0.147. The van der Waals surface area contributed by atoms with E-state index in [1.54, 1.807) is 49.4 Å². The fourth-order valence-corrected chi connectivity index (χ4v) is 4.84. The Labute approximate surface area is 252 Å². The summed E-state index contributed by atoms with van der Waals surface area (Å²) in [4.78, 5) is 34.2. The minimum atomic E-state index is -4.65. The van der Waals surface area contributed by atoms with Gasteiger partial charge < -0.3 is 14.4 Å². The van der Waals surface area contributed by atoms with Crippen LogP contribution in [0.25, 0.3) is 6.08 Å². The van der Waals surface area contributed by atoms with Crippen LogP contribution in [0.2, 0.25) is 0 Å². The maximum absolute atomic E-state index is 13.8. The zero-order valence-corrected chi connectivity index (χ0v) is 23.9. The van der Waals surface area contributed by atoms with Crippen molar-refractivity contribution in [1.29, 1.82) is 0 Å². The summed E-state index contributed by atoms with van der Waals surface area (Å²) < 4.78 is 51.2. The highest BCUT2D eigenvalue weighted by atomic mass is 19.4. The predicted octanol–water partition coefficient (Wildman–Crippen LogP) is 7.58. The van der Waals surface area contributed by atoms with Gasteiger partial charge in [0.15, 0.2) is 0 Å². The zero-order chi connectivity index (χ0) is 31.3. The molecule has 0 radical (unpaired) electrons. The lowest BCUT2D eigenvalue weighted by Crippen LogP contribution is -2.37. The summed E-state index contributed by atoms with van der Waals surface area (Å²) in [6, 6.07) is 28.9. The molecule has 1 heterocycles. The molecule has 1 aliphatic heterocycles. The van der Waals surface area contributed by atoms with Gasteiger partial charge in [-0.25, -0.2) is 9.69 Å². The fourth-order valence-electron chi connectivity index (χ4n) is 4.84. The van der Waals surface area contributed by atoms with E-state index in [0.29, 0.717) is 11.4 Å². The Morgan fingerprint density at radius 1 is 0.886 bits per heavy atom. The number of methoxy groups -OCH3 is 1. The number of amides is 2. The highest BCUT2D eigenvalue weighted by Crippen LogP contribution is 2.40. The molecule has 0 aliphatic carbocycles. The molecule has 7 nitrogen and oxygen atoms in total. The van der Waals surface area contributed by atoms with E-state index in [4.69, 9.17) is 9.47 Å². The van der Waals surface area contributed by atoms with Crippen molar-refractivity contribution in [1.82, 2.24) is 9.80 Å². The van der Waals surface area contributed by atoms with Gasteiger partial charge in [-0.3, -0.25) is 4.79 Å². The highest BCUT2D eigenvalue weighted by Gasteiger charge is 2.44. The van der Waals surface area contributed by atoms with E-state index < -0.39 is 29.8 Å². The number of nitrogens with zero attached hydrogens (tertiary/aromatic N) is 3. The molecule has 2 amide bonds. The van der Waals surface area contributed by atoms with Crippen molar-refractivity contribution in [3.8, 4) is 5.75 Å². The molecule has 224 valence electrons. The summed E-state index contributed by atoms with van der Waals surface area (Å²) in [5, 5.41) is 0. The third-order valence-corrected chi connectivity index (χ3v) is 7.01. The van der Waals surface area contributed by atoms with E-state index in [1.807, 2.05) is 60.7 Å². The number of rotatable bonds is 6. The van der Waals surface area contributed by atoms with Crippen LogP contribution in [-0.4, -0.2) is 41.9 Å². The van der Waals surface area contributed by atoms with Crippen molar-refractivity contribution in [3.05, 3.63) is 143 Å². The van der Waals surface area contributed by atoms with E-state index in [-0.39, 0.29) is 18.1 Å². The van der Waals surface area contributed by atoms with Crippen LogP contribution < -0.4 is 4.74 Å². The molecule has 1 unspecified atom stereocenters. The van der Waals surface area contributed by atoms with Gasteiger partial charge in [0.05, 0.1) is 24.4 Å². The molecule has 5 rings (SSSR count). The Hall–Kier alpha value is -5.38. The molecular formula is C34H28F3N3O4. The molecule has 44 heavy (non-hydrogen) atoms. The summed E-state index contributed by atoms with van der Waals surface area (Å²) in [5.74, 6) is -0.433. The highest BCUT2D eigenvalue weighted by molar-refractivity contribution is 6.08. The summed E-state index contributed by atoms with van der Waals surface area (Å²) in [6.45, 7) is -0.0550. The molecule has 1 atom stereocenters. The average Bonchev–Trinajstić information content (AvgIpc) is 3.30. The van der Waals surface area contributed by atoms with Crippen LogP contribution in [0.5, 0.6) is 5.75 Å². The van der Waals surface area contributed by atoms with Gasteiger partial charge in [0, 0.05) is 12.6 Å². The predicted molar refractivity (Wildman–Crippen MR) is 160 cm³/mol. The molecule has 1 aliphatic rings. The number of likely N-dealkylation sites (N-methyl/N-ethyl adjacent to an activating group) is 1. The molecule has 0 aromatic heterocycles. The third-order valence-electron chi connectivity index (χ3n) is 7.01. The molecule has 0 saturated carbocycles. The largest absolute Gasteiger partial charge is 0.497 e. The van der Waals surface area contributed by atoms with Gasteiger partial charge in [0.2, 0.25) is 5.96 Å². The summed E-state index contributed by atoms with van der Waals surface area (Å²) in [6.07, 6.45) is -3.67. The number of benzene rings is 4. The van der Waals surface area contributed by atoms with Gasteiger partial charge in [0.25, 0.3) is 5.91 Å². The number of aliphatic imine (C=N–C) groups is 1. The van der Waals surface area contributed by atoms with Crippen LogP contribution in [0.4, 0.5) is 18.0 Å². The van der Waals surface area contributed by atoms with Crippen molar-refractivity contribution in [2.45, 2.75) is 18.8 Å². The Morgan fingerprint density at radius 2 is 1.55 bits per heavy atom. The number of carbonyl (C=O) groups excluding carboxylic acids is 2. The van der Waals surface area contributed by atoms with Crippen LogP contribution in [0.1, 0.15) is 38.7 Å². The lowest BCUT2D eigenvalue weighted by molar-refractivity contribution is -0.137. The van der Waals surface area contributed by atoms with E-state index in [1.165, 1.54) is 11.0 Å². The van der Waals surface area contributed by atoms with Gasteiger partial charge in [-0.1, -0.05) is 78.9 Å². The molecular weight excluding hydrogens is 571 g/mol. The van der Waals surface area contributed by atoms with Crippen molar-refractivity contribution < 1.29 is 32.2 Å². The van der Waals surface area contributed by atoms with Gasteiger partial charge in [-0.2, -0.15) is 18.2 Å². The summed E-state index contributed by atoms with van der Waals surface area (Å²) >= 11 is 0. The standard InChI is InChI=1S/C34H28F3N3O4/c1-39-30(25-16-18-28(43-2)19-17-25)29(20-23-10-5-3-6-11-23)40(33(42)44-22-24-12-7-4-8-13-24)32(39)38-31(41)26-14-9-15-27(21-26)34(35,36)37/h3-21,30H,22H2,1-2H3/b29-20-,38-32?. The second kappa shape index (κ2) is 12.9. The minimum absolute atomic E-state index is 0.0550. The van der Waals surface area contributed by atoms with E-state index in [0.717, 1.165) is 34.9 Å². The monoisotopic (exact) mass is 599 g/mol. The molecule has 4 aromatic carbocycles. The number of halogens is 3. The van der Waals surface area contributed by atoms with Crippen LogP contribution in [0.15, 0.2) is 120 Å². The normalized spacial score (nSPS) is 16.8. The molecule has 10 heteroatoms. The van der Waals surface area contributed by atoms with Crippen molar-refractivity contribution >= 4 is 24.0 Å². The first-order chi connectivity index (χ1) is 21.2. The smallest absolute Gasteiger partial charge is 0.421 e. The van der Waals surface area contributed by atoms with Crippen molar-refractivity contribution in [3.63, 3.8) is 0 Å². The third kappa shape index (κ3) is 6.64. The molecule has 0 bridgehead atoms. The maximum atomic E-state index is 13.8. The van der Waals surface area contributed by atoms with E-state index in [9.17, 15) is 22.8 Å². The number of ether oxygens (including phenoxy) is 2. The van der Waals surface area contributed by atoms with E-state index >= 15 is 0 Å². The lowest BCUT2D eigenvalue weighted by Gasteiger charge is -2.21. The number of guanidine groups is 1. The molecule has 0 N–H and O–H groups in total. The van der Waals surface area contributed by atoms with Crippen LogP contribution in [0.3, 0.4) is 0 Å². The average molecular weight is 600 g/mol. The molecule has 4 aromatic rings. The first-order valence-corrected chi connectivity index (χ1v) is 13.6. The Morgan fingerprint density at radius 3 is 2.18 bits per heavy atom. The minimum Gasteiger partial charge on any atom is -0.497 e. The van der Waals surface area contributed by atoms with Crippen molar-refractivity contribution in [2.24, 2.45) is 4.99 Å². The Bertz CT molecular complexity index is 1690. The van der Waals surface area contributed by atoms with Gasteiger partial charge in [0.1, 0.15) is 12.4 Å². The first-order valence-electron chi connectivity index (χ1n) is 13.6. The van der Waals surface area contributed by atoms with Crippen LogP contribution in [-0.2, 0) is 17.5 Å². The number of alkyl halides is 3. The zero-order valence-electron chi connectivity index (χ0n) is 23.9. The Balaban J connectivity index is 1.63. The molecule has 1 saturated heterocycles. The van der Waals surface area contributed by atoms with Gasteiger partial charge >= 0.3 is 12.3 Å². The topological polar surface area (TPSA) is 71.4 Å². The SMILES string of the molecule is COc1ccc(C2/C(=C/c3ccccc3)N(C(=O)OCc3ccccc3)C(=NC(=O)c3cccc(C(F)(F)F)c3)N2C)cc1. The summed E-state index contributed by atoms with van der Waals surface area (Å²) in [7, 11) is 3.20. The number of hydrogen-bond donors (Lipinski definition) is 0. The quantitative estimate of drug-likeness (QED) is 0.229. The number of carbonyl (C=O) groups is 2. The molecule has 1 fully saturated rings. The van der Waals surface area contributed by atoms with Crippen LogP contribution >= 0.6 is 0 Å². The second-order valence-electron chi connectivity index (χ2n) is 9.94. The van der Waals surface area contributed by atoms with Gasteiger partial charge in [-0.15, -0.1) is 0 Å². The van der Waals surface area contributed by atoms with Gasteiger partial charge in [-0.05, 0) is 53.1 Å². The van der Waals surface area contributed by atoms with E-state index in [2.05, 4.69) is 4.99 Å². The molecule has 0 spiro atoms.